The van der Waals surface area contributed by atoms with Crippen molar-refractivity contribution in [3.63, 3.8) is 0 Å². The average molecular weight is 330 g/mol. The lowest BCUT2D eigenvalue weighted by Gasteiger charge is -2.16. The molecular formula is C17H18N2O3S. The maximum absolute atomic E-state index is 12.2. The van der Waals surface area contributed by atoms with Crippen molar-refractivity contribution in [1.29, 1.82) is 0 Å². The fraction of sp³-hybridized carbons (Fsp3) is 0.294. The van der Waals surface area contributed by atoms with Crippen LogP contribution in [-0.2, 0) is 12.8 Å². The third-order valence-electron chi connectivity index (χ3n) is 3.97. The maximum Gasteiger partial charge on any atom is 0.281 e. The molecule has 0 unspecified atom stereocenters. The monoisotopic (exact) mass is 330 g/mol. The van der Waals surface area contributed by atoms with Crippen molar-refractivity contribution in [2.24, 2.45) is 11.0 Å². The van der Waals surface area contributed by atoms with Crippen molar-refractivity contribution in [3.8, 4) is 11.5 Å². The largest absolute Gasteiger partial charge is 0.504 e. The lowest BCUT2D eigenvalue weighted by atomic mass is 9.90. The van der Waals surface area contributed by atoms with Gasteiger partial charge in [-0.25, -0.2) is 5.43 Å². The molecule has 1 aromatic heterocycles. The molecule has 1 amide bonds. The van der Waals surface area contributed by atoms with Gasteiger partial charge < -0.3 is 10.2 Å². The molecular weight excluding hydrogens is 312 g/mol. The summed E-state index contributed by atoms with van der Waals surface area (Å²) >= 11 is 1.52. The second-order valence-corrected chi connectivity index (χ2v) is 6.96. The van der Waals surface area contributed by atoms with Crippen molar-refractivity contribution in [3.05, 3.63) is 45.1 Å². The van der Waals surface area contributed by atoms with E-state index in [9.17, 15) is 15.0 Å². The van der Waals surface area contributed by atoms with Crippen molar-refractivity contribution >= 4 is 23.5 Å². The first kappa shape index (κ1) is 15.6. The van der Waals surface area contributed by atoms with Crippen molar-refractivity contribution in [2.45, 2.75) is 26.2 Å². The van der Waals surface area contributed by atoms with Crippen LogP contribution in [0.25, 0.3) is 0 Å². The molecule has 3 N–H and O–H groups in total. The van der Waals surface area contributed by atoms with Gasteiger partial charge in [0.15, 0.2) is 11.5 Å². The standard InChI is InChI=1S/C17H18N2O3S/c1-10-5-6-14-12(7-10)8-15(23-14)17(22)19-18-9-11-3-2-4-13(20)16(11)21/h2-4,8-10,20-21H,5-7H2,1H3,(H,19,22)/t10-/m0/s1. The van der Waals surface area contributed by atoms with Gasteiger partial charge in [0.25, 0.3) is 5.91 Å². The number of nitrogens with zero attached hydrogens (tertiary/aromatic N) is 1. The van der Waals surface area contributed by atoms with Gasteiger partial charge in [-0.3, -0.25) is 4.79 Å². The van der Waals surface area contributed by atoms with Gasteiger partial charge in [0.05, 0.1) is 11.1 Å². The summed E-state index contributed by atoms with van der Waals surface area (Å²) in [5.74, 6) is -0.0703. The smallest absolute Gasteiger partial charge is 0.281 e. The first-order chi connectivity index (χ1) is 11.0. The molecule has 1 aliphatic rings. The SMILES string of the molecule is C[C@H]1CCc2sc(C(=O)NN=Cc3cccc(O)c3O)cc2C1. The molecule has 3 rings (SSSR count). The number of amides is 1. The van der Waals surface area contributed by atoms with Crippen LogP contribution in [-0.4, -0.2) is 22.3 Å². The Balaban J connectivity index is 1.68. The van der Waals surface area contributed by atoms with E-state index in [0.717, 1.165) is 12.8 Å². The predicted molar refractivity (Wildman–Crippen MR) is 90.3 cm³/mol. The summed E-state index contributed by atoms with van der Waals surface area (Å²) in [5.41, 5.74) is 4.07. The molecule has 1 atom stereocenters. The number of hydrazone groups is 1. The Hall–Kier alpha value is -2.34. The van der Waals surface area contributed by atoms with E-state index in [-0.39, 0.29) is 17.4 Å². The lowest BCUT2D eigenvalue weighted by Crippen LogP contribution is -2.16. The number of carbonyl (C=O) groups is 1. The highest BCUT2D eigenvalue weighted by Crippen LogP contribution is 2.32. The van der Waals surface area contributed by atoms with Crippen LogP contribution in [0.5, 0.6) is 11.5 Å². The van der Waals surface area contributed by atoms with Crippen LogP contribution in [0.15, 0.2) is 29.4 Å². The van der Waals surface area contributed by atoms with Gasteiger partial charge in [-0.05, 0) is 48.9 Å². The van der Waals surface area contributed by atoms with Crippen LogP contribution >= 0.6 is 11.3 Å². The van der Waals surface area contributed by atoms with Gasteiger partial charge >= 0.3 is 0 Å². The van der Waals surface area contributed by atoms with Crippen molar-refractivity contribution in [2.75, 3.05) is 0 Å². The lowest BCUT2D eigenvalue weighted by molar-refractivity contribution is 0.0959. The Bertz CT molecular complexity index is 767. The number of nitrogens with one attached hydrogen (secondary N) is 1. The minimum absolute atomic E-state index is 0.222. The predicted octanol–water partition coefficient (Wildman–Crippen LogP) is 3.05. The molecule has 0 radical (unpaired) electrons. The van der Waals surface area contributed by atoms with Crippen LogP contribution in [0.1, 0.15) is 39.0 Å². The number of phenols is 2. The normalized spacial score (nSPS) is 17.2. The third kappa shape index (κ3) is 3.37. The molecule has 0 saturated heterocycles. The number of aromatic hydroxyl groups is 2. The Morgan fingerprint density at radius 3 is 3.09 bits per heavy atom. The number of hydrogen-bond donors (Lipinski definition) is 3. The Morgan fingerprint density at radius 2 is 2.26 bits per heavy atom. The van der Waals surface area contributed by atoms with Crippen LogP contribution in [0.2, 0.25) is 0 Å². The van der Waals surface area contributed by atoms with Crippen LogP contribution < -0.4 is 5.43 Å². The number of fused-ring (bicyclic) bond motifs is 1. The second kappa shape index (κ2) is 6.42. The molecule has 2 aromatic rings. The number of benzene rings is 1. The molecule has 0 aliphatic heterocycles. The van der Waals surface area contributed by atoms with E-state index >= 15 is 0 Å². The minimum atomic E-state index is -0.258. The van der Waals surface area contributed by atoms with Gasteiger partial charge in [-0.1, -0.05) is 13.0 Å². The van der Waals surface area contributed by atoms with Gasteiger partial charge in [0.2, 0.25) is 0 Å². The number of hydrogen-bond acceptors (Lipinski definition) is 5. The van der Waals surface area contributed by atoms with Crippen LogP contribution in [0.4, 0.5) is 0 Å². The molecule has 0 saturated carbocycles. The zero-order chi connectivity index (χ0) is 16.4. The second-order valence-electron chi connectivity index (χ2n) is 5.82. The Labute approximate surface area is 138 Å². The summed E-state index contributed by atoms with van der Waals surface area (Å²) in [4.78, 5) is 14.1. The molecule has 5 nitrogen and oxygen atoms in total. The van der Waals surface area contributed by atoms with Crippen LogP contribution in [0.3, 0.4) is 0 Å². The van der Waals surface area contributed by atoms with E-state index < -0.39 is 0 Å². The molecule has 1 aliphatic carbocycles. The minimum Gasteiger partial charge on any atom is -0.504 e. The maximum atomic E-state index is 12.2. The van der Waals surface area contributed by atoms with E-state index in [0.29, 0.717) is 16.4 Å². The number of aryl methyl sites for hydroxylation is 1. The molecule has 6 heteroatoms. The Morgan fingerprint density at radius 1 is 1.43 bits per heavy atom. The molecule has 120 valence electrons. The summed E-state index contributed by atoms with van der Waals surface area (Å²) < 4.78 is 0. The van der Waals surface area contributed by atoms with E-state index in [2.05, 4.69) is 17.5 Å². The number of phenolic OH excluding ortho intramolecular Hbond substituents is 2. The van der Waals surface area contributed by atoms with Gasteiger partial charge in [0.1, 0.15) is 0 Å². The summed E-state index contributed by atoms with van der Waals surface area (Å²) in [6.07, 6.45) is 4.54. The first-order valence-corrected chi connectivity index (χ1v) is 8.32. The molecule has 0 spiro atoms. The van der Waals surface area contributed by atoms with E-state index in [1.54, 1.807) is 12.1 Å². The average Bonchev–Trinajstić information content (AvgIpc) is 2.94. The summed E-state index contributed by atoms with van der Waals surface area (Å²) in [6.45, 7) is 2.23. The number of thiophene rings is 1. The fourth-order valence-electron chi connectivity index (χ4n) is 2.69. The fourth-order valence-corrected chi connectivity index (χ4v) is 3.78. The number of para-hydroxylation sites is 1. The molecule has 0 fully saturated rings. The first-order valence-electron chi connectivity index (χ1n) is 7.50. The number of rotatable bonds is 3. The number of carbonyl (C=O) groups excluding carboxylic acids is 1. The summed E-state index contributed by atoms with van der Waals surface area (Å²) in [5, 5.41) is 22.9. The Kier molecular flexibility index (Phi) is 4.34. The molecule has 1 heterocycles. The molecule has 23 heavy (non-hydrogen) atoms. The van der Waals surface area contributed by atoms with E-state index in [1.807, 2.05) is 6.07 Å². The van der Waals surface area contributed by atoms with Crippen molar-refractivity contribution in [1.82, 2.24) is 5.43 Å². The highest BCUT2D eigenvalue weighted by Gasteiger charge is 2.20. The van der Waals surface area contributed by atoms with E-state index in [4.69, 9.17) is 0 Å². The highest BCUT2D eigenvalue weighted by atomic mass is 32.1. The topological polar surface area (TPSA) is 81.9 Å². The van der Waals surface area contributed by atoms with Crippen LogP contribution in [0, 0.1) is 5.92 Å². The summed E-state index contributed by atoms with van der Waals surface area (Å²) in [6, 6.07) is 6.51. The molecule has 0 bridgehead atoms. The van der Waals surface area contributed by atoms with Gasteiger partial charge in [0, 0.05) is 10.4 Å². The van der Waals surface area contributed by atoms with Gasteiger partial charge in [-0.2, -0.15) is 5.10 Å². The zero-order valence-electron chi connectivity index (χ0n) is 12.7. The zero-order valence-corrected chi connectivity index (χ0v) is 13.6. The molecule has 1 aromatic carbocycles. The quantitative estimate of drug-likeness (QED) is 0.459. The van der Waals surface area contributed by atoms with Crippen molar-refractivity contribution < 1.29 is 15.0 Å². The van der Waals surface area contributed by atoms with E-state index in [1.165, 1.54) is 40.5 Å². The summed E-state index contributed by atoms with van der Waals surface area (Å²) in [7, 11) is 0. The highest BCUT2D eigenvalue weighted by molar-refractivity contribution is 7.14. The third-order valence-corrected chi connectivity index (χ3v) is 5.20. The van der Waals surface area contributed by atoms with Gasteiger partial charge in [-0.15, -0.1) is 11.3 Å².